The van der Waals surface area contributed by atoms with Crippen LogP contribution in [0, 0.1) is 6.92 Å². The van der Waals surface area contributed by atoms with Gasteiger partial charge in [-0.25, -0.2) is 0 Å². The summed E-state index contributed by atoms with van der Waals surface area (Å²) in [6, 6.07) is 5.59. The van der Waals surface area contributed by atoms with Crippen molar-refractivity contribution in [1.82, 2.24) is 10.3 Å². The van der Waals surface area contributed by atoms with E-state index in [9.17, 15) is 9.59 Å². The molecule has 0 fully saturated rings. The Morgan fingerprint density at radius 3 is 2.84 bits per heavy atom. The number of hydrogen-bond acceptors (Lipinski definition) is 4. The lowest BCUT2D eigenvalue weighted by Gasteiger charge is -2.10. The van der Waals surface area contributed by atoms with Gasteiger partial charge in [-0.1, -0.05) is 17.4 Å². The highest BCUT2D eigenvalue weighted by Crippen LogP contribution is 2.16. The van der Waals surface area contributed by atoms with Crippen LogP contribution in [-0.4, -0.2) is 17.9 Å². The van der Waals surface area contributed by atoms with Crippen LogP contribution in [0.15, 0.2) is 28.4 Å². The number of aromatic amines is 1. The van der Waals surface area contributed by atoms with E-state index in [1.54, 1.807) is 18.5 Å². The number of carbonyl (C=O) groups excluding carboxylic acids is 1. The van der Waals surface area contributed by atoms with Crippen molar-refractivity contribution in [3.63, 3.8) is 0 Å². The minimum Gasteiger partial charge on any atom is -0.387 e. The highest BCUT2D eigenvalue weighted by Gasteiger charge is 2.10. The molecule has 1 aromatic heterocycles. The van der Waals surface area contributed by atoms with Crippen LogP contribution in [0.1, 0.15) is 21.6 Å². The number of H-pyrrole nitrogens is 1. The number of amides is 1. The fourth-order valence-electron chi connectivity index (χ4n) is 1.73. The second-order valence-electron chi connectivity index (χ2n) is 4.16. The highest BCUT2D eigenvalue weighted by molar-refractivity contribution is 7.07. The summed E-state index contributed by atoms with van der Waals surface area (Å²) in [6.07, 6.45) is 0. The summed E-state index contributed by atoms with van der Waals surface area (Å²) in [7, 11) is 1.78. The van der Waals surface area contributed by atoms with Crippen LogP contribution in [0.4, 0.5) is 5.69 Å². The Morgan fingerprint density at radius 1 is 1.42 bits per heavy atom. The molecule has 0 saturated heterocycles. The molecule has 0 spiro atoms. The number of benzene rings is 1. The van der Waals surface area contributed by atoms with Crippen LogP contribution in [-0.2, 0) is 6.54 Å². The fraction of sp³-hybridized carbons (Fsp3) is 0.231. The lowest BCUT2D eigenvalue weighted by Crippen LogP contribution is -2.24. The van der Waals surface area contributed by atoms with E-state index in [1.807, 2.05) is 19.1 Å². The lowest BCUT2D eigenvalue weighted by atomic mass is 10.1. The number of anilines is 1. The Labute approximate surface area is 114 Å². The molecule has 19 heavy (non-hydrogen) atoms. The highest BCUT2D eigenvalue weighted by atomic mass is 32.1. The molecule has 6 heteroatoms. The zero-order chi connectivity index (χ0) is 13.8. The number of thiazole rings is 1. The average Bonchev–Trinajstić information content (AvgIpc) is 2.81. The van der Waals surface area contributed by atoms with E-state index in [1.165, 1.54) is 0 Å². The first-order chi connectivity index (χ1) is 9.10. The van der Waals surface area contributed by atoms with Gasteiger partial charge < -0.3 is 15.6 Å². The summed E-state index contributed by atoms with van der Waals surface area (Å²) in [5.41, 5.74) is 3.17. The van der Waals surface area contributed by atoms with Gasteiger partial charge in [0.25, 0.3) is 5.91 Å². The first-order valence-corrected chi connectivity index (χ1v) is 6.71. The smallest absolute Gasteiger partial charge is 0.304 e. The molecule has 0 unspecified atom stereocenters. The molecule has 2 rings (SSSR count). The molecular weight excluding hydrogens is 262 g/mol. The van der Waals surface area contributed by atoms with Gasteiger partial charge in [-0.05, 0) is 24.6 Å². The number of aromatic nitrogens is 1. The van der Waals surface area contributed by atoms with Crippen molar-refractivity contribution < 1.29 is 4.79 Å². The van der Waals surface area contributed by atoms with Gasteiger partial charge in [-0.15, -0.1) is 0 Å². The topological polar surface area (TPSA) is 74.0 Å². The first-order valence-electron chi connectivity index (χ1n) is 5.83. The molecule has 1 amide bonds. The number of carbonyl (C=O) groups is 1. The Bertz CT molecular complexity index is 645. The zero-order valence-electron chi connectivity index (χ0n) is 10.7. The number of hydrogen-bond donors (Lipinski definition) is 3. The fourth-order valence-corrected chi connectivity index (χ4v) is 2.32. The van der Waals surface area contributed by atoms with Gasteiger partial charge in [0.05, 0.1) is 12.1 Å². The molecule has 3 N–H and O–H groups in total. The monoisotopic (exact) mass is 277 g/mol. The van der Waals surface area contributed by atoms with E-state index >= 15 is 0 Å². The maximum Gasteiger partial charge on any atom is 0.304 e. The van der Waals surface area contributed by atoms with E-state index in [2.05, 4.69) is 15.6 Å². The first kappa shape index (κ1) is 13.4. The lowest BCUT2D eigenvalue weighted by molar-refractivity contribution is 0.0951. The van der Waals surface area contributed by atoms with Crippen molar-refractivity contribution in [1.29, 1.82) is 0 Å². The molecule has 0 aliphatic carbocycles. The minimum atomic E-state index is -0.170. The quantitative estimate of drug-likeness (QED) is 0.796. The van der Waals surface area contributed by atoms with Crippen molar-refractivity contribution in [3.05, 3.63) is 50.1 Å². The normalized spacial score (nSPS) is 10.2. The average molecular weight is 277 g/mol. The molecule has 0 aliphatic heterocycles. The van der Waals surface area contributed by atoms with E-state index in [-0.39, 0.29) is 10.8 Å². The van der Waals surface area contributed by atoms with Gasteiger partial charge in [0.15, 0.2) is 0 Å². The maximum atomic E-state index is 12.1. The Kier molecular flexibility index (Phi) is 4.01. The summed E-state index contributed by atoms with van der Waals surface area (Å²) in [5, 5.41) is 7.49. The summed E-state index contributed by atoms with van der Waals surface area (Å²) in [6.45, 7) is 2.28. The van der Waals surface area contributed by atoms with E-state index in [4.69, 9.17) is 0 Å². The van der Waals surface area contributed by atoms with Crippen LogP contribution in [0.5, 0.6) is 0 Å². The molecular formula is C13H15N3O2S. The third-order valence-corrected chi connectivity index (χ3v) is 3.42. The molecule has 0 saturated carbocycles. The van der Waals surface area contributed by atoms with Crippen LogP contribution in [0.2, 0.25) is 0 Å². The summed E-state index contributed by atoms with van der Waals surface area (Å²) in [4.78, 5) is 25.6. The van der Waals surface area contributed by atoms with Crippen LogP contribution < -0.4 is 15.5 Å². The predicted octanol–water partition coefficient (Wildman–Crippen LogP) is 1.72. The van der Waals surface area contributed by atoms with Crippen molar-refractivity contribution >= 4 is 22.9 Å². The van der Waals surface area contributed by atoms with Crippen molar-refractivity contribution in [2.75, 3.05) is 12.4 Å². The SMILES string of the molecule is CNc1cc(C)ccc1C(=O)NCc1csc(=O)[nH]1. The largest absolute Gasteiger partial charge is 0.387 e. The Balaban J connectivity index is 2.09. The molecule has 0 bridgehead atoms. The van der Waals surface area contributed by atoms with E-state index < -0.39 is 0 Å². The molecule has 100 valence electrons. The van der Waals surface area contributed by atoms with Gasteiger partial charge in [0, 0.05) is 23.8 Å². The number of nitrogens with one attached hydrogen (secondary N) is 3. The summed E-state index contributed by atoms with van der Waals surface area (Å²) >= 11 is 1.09. The third kappa shape index (κ3) is 3.23. The third-order valence-electron chi connectivity index (χ3n) is 2.70. The Hall–Kier alpha value is -2.08. The molecule has 1 heterocycles. The van der Waals surface area contributed by atoms with E-state index in [0.717, 1.165) is 22.6 Å². The second-order valence-corrected chi connectivity index (χ2v) is 5.00. The van der Waals surface area contributed by atoms with Gasteiger partial charge in [-0.2, -0.15) is 0 Å². The maximum absolute atomic E-state index is 12.1. The molecule has 2 aromatic rings. The van der Waals surface area contributed by atoms with Crippen LogP contribution in [0.25, 0.3) is 0 Å². The van der Waals surface area contributed by atoms with Crippen molar-refractivity contribution in [2.45, 2.75) is 13.5 Å². The van der Waals surface area contributed by atoms with Crippen molar-refractivity contribution in [3.8, 4) is 0 Å². The number of aryl methyl sites for hydroxylation is 1. The van der Waals surface area contributed by atoms with Gasteiger partial charge in [0.1, 0.15) is 0 Å². The summed E-state index contributed by atoms with van der Waals surface area (Å²) in [5.74, 6) is -0.170. The summed E-state index contributed by atoms with van der Waals surface area (Å²) < 4.78 is 0. The molecule has 0 radical (unpaired) electrons. The van der Waals surface area contributed by atoms with Crippen molar-refractivity contribution in [2.24, 2.45) is 0 Å². The van der Waals surface area contributed by atoms with Crippen LogP contribution >= 0.6 is 11.3 Å². The number of rotatable bonds is 4. The predicted molar refractivity (Wildman–Crippen MR) is 76.8 cm³/mol. The van der Waals surface area contributed by atoms with Gasteiger partial charge >= 0.3 is 4.87 Å². The standard InChI is InChI=1S/C13H15N3O2S/c1-8-3-4-10(11(5-8)14-2)12(17)15-6-9-7-19-13(18)16-9/h3-5,7,14H,6H2,1-2H3,(H,15,17)(H,16,18). The molecule has 1 aromatic carbocycles. The Morgan fingerprint density at radius 2 is 2.21 bits per heavy atom. The molecule has 0 atom stereocenters. The molecule has 0 aliphatic rings. The zero-order valence-corrected chi connectivity index (χ0v) is 11.6. The van der Waals surface area contributed by atoms with Gasteiger partial charge in [-0.3, -0.25) is 9.59 Å². The van der Waals surface area contributed by atoms with E-state index in [0.29, 0.717) is 17.8 Å². The van der Waals surface area contributed by atoms with Crippen LogP contribution in [0.3, 0.4) is 0 Å². The minimum absolute atomic E-state index is 0.115. The second kappa shape index (κ2) is 5.71. The molecule has 5 nitrogen and oxygen atoms in total. The van der Waals surface area contributed by atoms with Gasteiger partial charge in [0.2, 0.25) is 0 Å².